The van der Waals surface area contributed by atoms with Crippen molar-refractivity contribution in [3.05, 3.63) is 5.15 Å². The topological polar surface area (TPSA) is 80.9 Å². The number of unbranched alkanes of at least 4 members (excludes halogenated alkanes) is 1. The summed E-state index contributed by atoms with van der Waals surface area (Å²) in [7, 11) is 0. The predicted octanol–water partition coefficient (Wildman–Crippen LogP) is 1.26. The van der Waals surface area contributed by atoms with E-state index in [4.69, 9.17) is 17.3 Å². The number of primary amides is 1. The molecule has 0 radical (unpaired) electrons. The largest absolute Gasteiger partial charge is 0.370 e. The van der Waals surface area contributed by atoms with Crippen molar-refractivity contribution >= 4 is 35.1 Å². The van der Waals surface area contributed by atoms with Gasteiger partial charge in [-0.15, -0.1) is 0 Å². The molecule has 0 atom stereocenters. The minimum Gasteiger partial charge on any atom is -0.370 e. The van der Waals surface area contributed by atoms with Gasteiger partial charge in [-0.2, -0.15) is 8.75 Å². The Morgan fingerprint density at radius 2 is 2.29 bits per heavy atom. The standard InChI is InChI=1S/C7H11ClN4OS/c8-6-7(12-14-11-6)10-4-2-1-3-5(9)13/h1-4H2,(H2,9,13)(H,10,12). The normalized spacial score (nSPS) is 10.1. The van der Waals surface area contributed by atoms with Gasteiger partial charge in [0.1, 0.15) is 0 Å². The third-order valence-electron chi connectivity index (χ3n) is 1.59. The monoisotopic (exact) mass is 234 g/mol. The van der Waals surface area contributed by atoms with Gasteiger partial charge in [0.2, 0.25) is 5.91 Å². The van der Waals surface area contributed by atoms with Gasteiger partial charge in [0.05, 0.1) is 11.7 Å². The van der Waals surface area contributed by atoms with E-state index in [2.05, 4.69) is 14.1 Å². The first-order chi connectivity index (χ1) is 6.70. The fourth-order valence-corrected chi connectivity index (χ4v) is 1.60. The maximum atomic E-state index is 10.4. The molecule has 0 bridgehead atoms. The van der Waals surface area contributed by atoms with Gasteiger partial charge in [-0.25, -0.2) is 0 Å². The molecule has 1 heterocycles. The molecule has 0 saturated carbocycles. The molecule has 0 aromatic carbocycles. The zero-order valence-electron chi connectivity index (χ0n) is 7.49. The molecule has 0 fully saturated rings. The number of hydrogen-bond donors (Lipinski definition) is 2. The van der Waals surface area contributed by atoms with Gasteiger partial charge in [0, 0.05) is 13.0 Å². The molecule has 5 nitrogen and oxygen atoms in total. The highest BCUT2D eigenvalue weighted by Crippen LogP contribution is 2.17. The number of nitrogens with two attached hydrogens (primary N) is 1. The second-order valence-electron chi connectivity index (χ2n) is 2.75. The molecule has 0 unspecified atom stereocenters. The van der Waals surface area contributed by atoms with Gasteiger partial charge in [-0.1, -0.05) is 11.6 Å². The summed E-state index contributed by atoms with van der Waals surface area (Å²) >= 11 is 6.77. The van der Waals surface area contributed by atoms with Gasteiger partial charge in [-0.05, 0) is 12.8 Å². The summed E-state index contributed by atoms with van der Waals surface area (Å²) in [5.74, 6) is 0.342. The molecular weight excluding hydrogens is 224 g/mol. The molecule has 3 N–H and O–H groups in total. The van der Waals surface area contributed by atoms with Gasteiger partial charge in [-0.3, -0.25) is 4.79 Å². The van der Waals surface area contributed by atoms with Gasteiger partial charge >= 0.3 is 0 Å². The summed E-state index contributed by atoms with van der Waals surface area (Å²) in [5.41, 5.74) is 4.99. The Morgan fingerprint density at radius 3 is 2.86 bits per heavy atom. The molecule has 0 spiro atoms. The molecule has 0 aliphatic heterocycles. The van der Waals surface area contributed by atoms with Crippen molar-refractivity contribution in [2.24, 2.45) is 5.73 Å². The third-order valence-corrected chi connectivity index (χ3v) is 2.48. The Balaban J connectivity index is 2.10. The zero-order valence-corrected chi connectivity index (χ0v) is 9.07. The van der Waals surface area contributed by atoms with E-state index in [9.17, 15) is 4.79 Å². The number of nitrogens with one attached hydrogen (secondary N) is 1. The summed E-state index contributed by atoms with van der Waals surface area (Å²) in [6.45, 7) is 0.721. The van der Waals surface area contributed by atoms with Crippen molar-refractivity contribution in [2.45, 2.75) is 19.3 Å². The third kappa shape index (κ3) is 3.89. The van der Waals surface area contributed by atoms with Crippen molar-refractivity contribution in [1.29, 1.82) is 0 Å². The Labute approximate surface area is 91.0 Å². The van der Waals surface area contributed by atoms with Crippen LogP contribution in [0.15, 0.2) is 0 Å². The summed E-state index contributed by atoms with van der Waals surface area (Å²) in [6.07, 6.45) is 2.05. The van der Waals surface area contributed by atoms with Crippen LogP contribution in [0, 0.1) is 0 Å². The summed E-state index contributed by atoms with van der Waals surface area (Å²) in [5, 5.41) is 3.41. The second kappa shape index (κ2) is 5.77. The number of aromatic nitrogens is 2. The number of carbonyl (C=O) groups is 1. The molecule has 1 aromatic heterocycles. The number of carbonyl (C=O) groups excluding carboxylic acids is 1. The number of nitrogens with zero attached hydrogens (tertiary/aromatic N) is 2. The fraction of sp³-hybridized carbons (Fsp3) is 0.571. The Hall–Kier alpha value is -0.880. The highest BCUT2D eigenvalue weighted by atomic mass is 35.5. The fourth-order valence-electron chi connectivity index (χ4n) is 0.914. The van der Waals surface area contributed by atoms with Crippen LogP contribution in [0.5, 0.6) is 0 Å². The van der Waals surface area contributed by atoms with E-state index < -0.39 is 0 Å². The van der Waals surface area contributed by atoms with Gasteiger partial charge in [0.25, 0.3) is 0 Å². The average Bonchev–Trinajstić information content (AvgIpc) is 2.51. The summed E-state index contributed by atoms with van der Waals surface area (Å²) in [4.78, 5) is 10.4. The minimum absolute atomic E-state index is 0.265. The second-order valence-corrected chi connectivity index (χ2v) is 3.64. The first-order valence-corrected chi connectivity index (χ1v) is 5.31. The average molecular weight is 235 g/mol. The van der Waals surface area contributed by atoms with Crippen LogP contribution in [0.1, 0.15) is 19.3 Å². The first kappa shape index (κ1) is 11.2. The van der Waals surface area contributed by atoms with E-state index in [-0.39, 0.29) is 5.91 Å². The molecule has 14 heavy (non-hydrogen) atoms. The molecule has 1 rings (SSSR count). The number of anilines is 1. The summed E-state index contributed by atoms with van der Waals surface area (Å²) < 4.78 is 7.75. The molecule has 1 aromatic rings. The van der Waals surface area contributed by atoms with Crippen LogP contribution < -0.4 is 11.1 Å². The minimum atomic E-state index is -0.265. The lowest BCUT2D eigenvalue weighted by Gasteiger charge is -2.01. The Bertz CT molecular complexity index is 304. The maximum absolute atomic E-state index is 10.4. The molecule has 78 valence electrons. The summed E-state index contributed by atoms with van der Waals surface area (Å²) in [6, 6.07) is 0. The lowest BCUT2D eigenvalue weighted by Crippen LogP contribution is -2.11. The van der Waals surface area contributed by atoms with Crippen molar-refractivity contribution in [3.63, 3.8) is 0 Å². The molecule has 0 saturated heterocycles. The maximum Gasteiger partial charge on any atom is 0.217 e. The number of rotatable bonds is 6. The van der Waals surface area contributed by atoms with Crippen LogP contribution in [-0.2, 0) is 4.79 Å². The molecule has 1 amide bonds. The lowest BCUT2D eigenvalue weighted by atomic mass is 10.2. The van der Waals surface area contributed by atoms with Crippen LogP contribution in [0.2, 0.25) is 5.15 Å². The van der Waals surface area contributed by atoms with Crippen molar-refractivity contribution in [2.75, 3.05) is 11.9 Å². The molecular formula is C7H11ClN4OS. The van der Waals surface area contributed by atoms with E-state index in [0.29, 0.717) is 17.4 Å². The molecule has 0 aliphatic rings. The van der Waals surface area contributed by atoms with Crippen LogP contribution in [0.25, 0.3) is 0 Å². The smallest absolute Gasteiger partial charge is 0.217 e. The molecule has 7 heteroatoms. The predicted molar refractivity (Wildman–Crippen MR) is 56.5 cm³/mol. The van der Waals surface area contributed by atoms with E-state index in [0.717, 1.165) is 31.1 Å². The number of halogens is 1. The van der Waals surface area contributed by atoms with Crippen LogP contribution in [0.4, 0.5) is 5.82 Å². The lowest BCUT2D eigenvalue weighted by molar-refractivity contribution is -0.118. The Morgan fingerprint density at radius 1 is 1.50 bits per heavy atom. The van der Waals surface area contributed by atoms with E-state index >= 15 is 0 Å². The number of amides is 1. The van der Waals surface area contributed by atoms with Crippen LogP contribution in [0.3, 0.4) is 0 Å². The quantitative estimate of drug-likeness (QED) is 0.726. The number of hydrogen-bond acceptors (Lipinski definition) is 5. The van der Waals surface area contributed by atoms with Crippen molar-refractivity contribution in [1.82, 2.24) is 8.75 Å². The van der Waals surface area contributed by atoms with Crippen molar-refractivity contribution in [3.8, 4) is 0 Å². The highest BCUT2D eigenvalue weighted by Gasteiger charge is 2.03. The Kier molecular flexibility index (Phi) is 4.61. The van der Waals surface area contributed by atoms with Crippen LogP contribution in [-0.4, -0.2) is 21.2 Å². The van der Waals surface area contributed by atoms with E-state index in [1.165, 1.54) is 0 Å². The first-order valence-electron chi connectivity index (χ1n) is 4.20. The van der Waals surface area contributed by atoms with Gasteiger partial charge in [0.15, 0.2) is 11.0 Å². The highest BCUT2D eigenvalue weighted by molar-refractivity contribution is 6.99. The molecule has 0 aliphatic carbocycles. The van der Waals surface area contributed by atoms with Crippen LogP contribution >= 0.6 is 23.3 Å². The van der Waals surface area contributed by atoms with E-state index in [1.807, 2.05) is 0 Å². The zero-order chi connectivity index (χ0) is 10.4. The van der Waals surface area contributed by atoms with E-state index in [1.54, 1.807) is 0 Å². The van der Waals surface area contributed by atoms with Gasteiger partial charge < -0.3 is 11.1 Å². The van der Waals surface area contributed by atoms with Crippen molar-refractivity contribution < 1.29 is 4.79 Å². The SMILES string of the molecule is NC(=O)CCCCNc1nsnc1Cl.